The van der Waals surface area contributed by atoms with Crippen LogP contribution in [0.3, 0.4) is 0 Å². The van der Waals surface area contributed by atoms with Crippen molar-refractivity contribution < 1.29 is 9.90 Å². The second-order valence-electron chi connectivity index (χ2n) is 6.47. The number of anilines is 1. The average molecular weight is 346 g/mol. The monoisotopic (exact) mass is 346 g/mol. The zero-order valence-corrected chi connectivity index (χ0v) is 14.5. The Bertz CT molecular complexity index is 1090. The summed E-state index contributed by atoms with van der Waals surface area (Å²) in [6.45, 7) is 3.68. The molecule has 3 N–H and O–H groups in total. The van der Waals surface area contributed by atoms with Crippen molar-refractivity contribution in [2.24, 2.45) is 0 Å². The summed E-state index contributed by atoms with van der Waals surface area (Å²) in [4.78, 5) is 21.0. The minimum atomic E-state index is -0.0392. The first kappa shape index (κ1) is 16.1. The Hall–Kier alpha value is -3.41. The van der Waals surface area contributed by atoms with E-state index in [-0.39, 0.29) is 23.9 Å². The van der Waals surface area contributed by atoms with Gasteiger partial charge in [-0.1, -0.05) is 18.2 Å². The second kappa shape index (κ2) is 5.84. The maximum absolute atomic E-state index is 11.6. The molecule has 0 aliphatic carbocycles. The molecular formula is C20H18N4O2. The van der Waals surface area contributed by atoms with Crippen LogP contribution >= 0.6 is 0 Å². The Morgan fingerprint density at radius 1 is 1.27 bits per heavy atom. The van der Waals surface area contributed by atoms with Crippen molar-refractivity contribution in [2.45, 2.75) is 13.8 Å². The van der Waals surface area contributed by atoms with Crippen LogP contribution < -0.4 is 4.90 Å². The van der Waals surface area contributed by atoms with Gasteiger partial charge >= 0.3 is 0 Å². The van der Waals surface area contributed by atoms with Crippen LogP contribution in [0.5, 0.6) is 0 Å². The van der Waals surface area contributed by atoms with Gasteiger partial charge in [0.15, 0.2) is 5.78 Å². The molecule has 0 fully saturated rings. The number of benzene rings is 2. The number of imidazole rings is 1. The predicted octanol–water partition coefficient (Wildman–Crippen LogP) is 3.84. The number of nitrogens with one attached hydrogen (secondary N) is 2. The second-order valence-corrected chi connectivity index (χ2v) is 6.47. The number of rotatable bonds is 3. The van der Waals surface area contributed by atoms with Crippen LogP contribution in [0.15, 0.2) is 48.2 Å². The van der Waals surface area contributed by atoms with Crippen LogP contribution in [-0.2, 0) is 0 Å². The number of ketones is 1. The van der Waals surface area contributed by atoms with E-state index >= 15 is 0 Å². The fourth-order valence-corrected chi connectivity index (χ4v) is 3.18. The molecule has 0 amide bonds. The maximum Gasteiger partial charge on any atom is 0.159 e. The standard InChI is InChI=1S/C20H18N4O2/c1-11-6-7-15-16(8-11)23-20(22-15)18-17(26)10-24(19(18)21)14-5-3-4-13(9-14)12(2)25/h3-9,21,26H,10H2,1-2H3,(H,22,23). The smallest absolute Gasteiger partial charge is 0.159 e. The van der Waals surface area contributed by atoms with Gasteiger partial charge in [-0.3, -0.25) is 10.2 Å². The predicted molar refractivity (Wildman–Crippen MR) is 102 cm³/mol. The van der Waals surface area contributed by atoms with Gasteiger partial charge in [0.05, 0.1) is 23.2 Å². The summed E-state index contributed by atoms with van der Waals surface area (Å²) in [6.07, 6.45) is 0. The van der Waals surface area contributed by atoms with Crippen LogP contribution in [0.4, 0.5) is 5.69 Å². The topological polar surface area (TPSA) is 93.1 Å². The van der Waals surface area contributed by atoms with E-state index in [4.69, 9.17) is 5.41 Å². The molecule has 6 heteroatoms. The Morgan fingerprint density at radius 2 is 2.08 bits per heavy atom. The first-order chi connectivity index (χ1) is 12.4. The third kappa shape index (κ3) is 2.56. The fourth-order valence-electron chi connectivity index (χ4n) is 3.18. The van der Waals surface area contributed by atoms with Gasteiger partial charge in [-0.25, -0.2) is 4.98 Å². The molecule has 1 aromatic heterocycles. The minimum absolute atomic E-state index is 0.0392. The van der Waals surface area contributed by atoms with E-state index in [1.54, 1.807) is 23.1 Å². The Kier molecular flexibility index (Phi) is 3.61. The van der Waals surface area contributed by atoms with Gasteiger partial charge in [0.2, 0.25) is 0 Å². The number of H-pyrrole nitrogens is 1. The van der Waals surface area contributed by atoms with Crippen molar-refractivity contribution in [3.63, 3.8) is 0 Å². The summed E-state index contributed by atoms with van der Waals surface area (Å²) < 4.78 is 0. The molecule has 0 radical (unpaired) electrons. The molecule has 0 bridgehead atoms. The highest BCUT2D eigenvalue weighted by molar-refractivity contribution is 6.30. The normalized spacial score (nSPS) is 14.5. The molecule has 1 aliphatic heterocycles. The highest BCUT2D eigenvalue weighted by Crippen LogP contribution is 2.31. The quantitative estimate of drug-likeness (QED) is 0.628. The van der Waals surface area contributed by atoms with Gasteiger partial charge < -0.3 is 15.0 Å². The van der Waals surface area contributed by atoms with Crippen LogP contribution in [0, 0.1) is 12.3 Å². The number of aryl methyl sites for hydroxylation is 1. The highest BCUT2D eigenvalue weighted by Gasteiger charge is 2.31. The number of amidine groups is 1. The lowest BCUT2D eigenvalue weighted by Gasteiger charge is -2.19. The summed E-state index contributed by atoms with van der Waals surface area (Å²) >= 11 is 0. The largest absolute Gasteiger partial charge is 0.509 e. The number of carbonyl (C=O) groups excluding carboxylic acids is 1. The van der Waals surface area contributed by atoms with Gasteiger partial charge in [-0.15, -0.1) is 0 Å². The number of fused-ring (bicyclic) bond motifs is 1. The lowest BCUT2D eigenvalue weighted by molar-refractivity contribution is 0.101. The number of hydrogen-bond acceptors (Lipinski definition) is 4. The lowest BCUT2D eigenvalue weighted by atomic mass is 10.1. The molecule has 3 aromatic rings. The number of hydrogen-bond donors (Lipinski definition) is 3. The molecule has 130 valence electrons. The van der Waals surface area contributed by atoms with E-state index in [0.717, 1.165) is 16.6 Å². The molecule has 2 heterocycles. The van der Waals surface area contributed by atoms with Gasteiger partial charge in [-0.05, 0) is 43.7 Å². The number of carbonyl (C=O) groups is 1. The van der Waals surface area contributed by atoms with E-state index in [0.29, 0.717) is 22.6 Å². The Labute approximate surface area is 150 Å². The van der Waals surface area contributed by atoms with Gasteiger partial charge in [0.25, 0.3) is 0 Å². The molecule has 0 saturated carbocycles. The fraction of sp³-hybridized carbons (Fsp3) is 0.150. The van der Waals surface area contributed by atoms with Crippen molar-refractivity contribution in [1.29, 1.82) is 5.41 Å². The first-order valence-corrected chi connectivity index (χ1v) is 8.30. The van der Waals surface area contributed by atoms with Gasteiger partial charge in [0, 0.05) is 11.3 Å². The Balaban J connectivity index is 1.72. The van der Waals surface area contributed by atoms with Crippen LogP contribution in [0.1, 0.15) is 28.7 Å². The molecule has 0 unspecified atom stereocenters. The third-order valence-corrected chi connectivity index (χ3v) is 4.54. The average Bonchev–Trinajstić information content (AvgIpc) is 3.14. The van der Waals surface area contributed by atoms with Crippen molar-refractivity contribution >= 4 is 33.9 Å². The minimum Gasteiger partial charge on any atom is -0.509 e. The zero-order valence-electron chi connectivity index (χ0n) is 14.5. The summed E-state index contributed by atoms with van der Waals surface area (Å²) in [5.74, 6) is 0.666. The van der Waals surface area contributed by atoms with Crippen LogP contribution in [0.2, 0.25) is 0 Å². The molecule has 26 heavy (non-hydrogen) atoms. The van der Waals surface area contributed by atoms with Gasteiger partial charge in [0.1, 0.15) is 17.4 Å². The number of nitrogens with zero attached hydrogens (tertiary/aromatic N) is 2. The molecule has 6 nitrogen and oxygen atoms in total. The number of aliphatic hydroxyl groups is 1. The van der Waals surface area contributed by atoms with E-state index in [1.807, 2.05) is 31.2 Å². The SMILES string of the molecule is CC(=O)c1cccc(N2CC(O)=C(c3nc4ccc(C)cc4[nH]3)C2=N)c1. The summed E-state index contributed by atoms with van der Waals surface area (Å²) in [7, 11) is 0. The maximum atomic E-state index is 11.6. The lowest BCUT2D eigenvalue weighted by Crippen LogP contribution is -2.26. The first-order valence-electron chi connectivity index (χ1n) is 8.30. The third-order valence-electron chi connectivity index (χ3n) is 4.54. The van der Waals surface area contributed by atoms with Crippen LogP contribution in [-0.4, -0.2) is 33.2 Å². The molecule has 0 saturated heterocycles. The van der Waals surface area contributed by atoms with E-state index in [9.17, 15) is 9.90 Å². The molecular weight excluding hydrogens is 328 g/mol. The summed E-state index contributed by atoms with van der Waals surface area (Å²) in [6, 6.07) is 12.9. The zero-order chi connectivity index (χ0) is 18.4. The van der Waals surface area contributed by atoms with Crippen molar-refractivity contribution in [1.82, 2.24) is 9.97 Å². The van der Waals surface area contributed by atoms with E-state index in [1.165, 1.54) is 6.92 Å². The Morgan fingerprint density at radius 3 is 2.85 bits per heavy atom. The molecule has 2 aromatic carbocycles. The van der Waals surface area contributed by atoms with E-state index in [2.05, 4.69) is 9.97 Å². The summed E-state index contributed by atoms with van der Waals surface area (Å²) in [5.41, 5.74) is 4.40. The molecule has 0 atom stereocenters. The number of Topliss-reactive ketones (excluding diaryl/α,β-unsaturated/α-hetero) is 1. The van der Waals surface area contributed by atoms with Crippen molar-refractivity contribution in [3.8, 4) is 0 Å². The molecule has 4 rings (SSSR count). The van der Waals surface area contributed by atoms with Gasteiger partial charge in [-0.2, -0.15) is 0 Å². The number of aromatic nitrogens is 2. The molecule has 0 spiro atoms. The highest BCUT2D eigenvalue weighted by atomic mass is 16.3. The number of aromatic amines is 1. The van der Waals surface area contributed by atoms with E-state index < -0.39 is 0 Å². The summed E-state index contributed by atoms with van der Waals surface area (Å²) in [5, 5.41) is 19.0. The number of aliphatic hydroxyl groups excluding tert-OH is 1. The van der Waals surface area contributed by atoms with Crippen LogP contribution in [0.25, 0.3) is 16.6 Å². The van der Waals surface area contributed by atoms with Crippen molar-refractivity contribution in [3.05, 3.63) is 65.2 Å². The molecule has 1 aliphatic rings. The van der Waals surface area contributed by atoms with Crippen molar-refractivity contribution in [2.75, 3.05) is 11.4 Å².